The van der Waals surface area contributed by atoms with Crippen molar-refractivity contribution in [3.05, 3.63) is 40.4 Å². The number of ketones is 1. The maximum atomic E-state index is 11.6. The molecule has 6 heteroatoms. The summed E-state index contributed by atoms with van der Waals surface area (Å²) in [5, 5.41) is 8.84. The molecule has 4 nitrogen and oxygen atoms in total. The highest BCUT2D eigenvalue weighted by Crippen LogP contribution is 2.33. The molecule has 1 aromatic carbocycles. The summed E-state index contributed by atoms with van der Waals surface area (Å²) in [7, 11) is 0. The molecule has 0 atom stereocenters. The number of nitrogens with zero attached hydrogens (tertiary/aromatic N) is 1. The molecule has 0 amide bonds. The molecule has 2 aromatic rings. The van der Waals surface area contributed by atoms with Crippen molar-refractivity contribution < 1.29 is 14.7 Å². The van der Waals surface area contributed by atoms with Gasteiger partial charge < -0.3 is 5.11 Å². The number of carbonyl (C=O) groups excluding carboxylic acids is 1. The van der Waals surface area contributed by atoms with E-state index in [0.29, 0.717) is 12.0 Å². The Labute approximate surface area is 131 Å². The smallest absolute Gasteiger partial charge is 0.308 e. The second kappa shape index (κ2) is 6.87. The predicted octanol–water partition coefficient (Wildman–Crippen LogP) is 3.82. The fourth-order valence-corrected chi connectivity index (χ4v) is 3.96. The summed E-state index contributed by atoms with van der Waals surface area (Å²) in [6, 6.07) is 7.40. The molecular weight excluding hydrogens is 306 g/mol. The van der Waals surface area contributed by atoms with Crippen LogP contribution >= 0.6 is 23.1 Å². The number of hydrogen-bond acceptors (Lipinski definition) is 5. The van der Waals surface area contributed by atoms with Gasteiger partial charge in [-0.15, -0.1) is 11.3 Å². The SMILES string of the molecule is CCC(=O)c1ccc(Sc2nc(C)c(CC(=O)O)s2)cc1. The minimum Gasteiger partial charge on any atom is -0.481 e. The first-order valence-corrected chi connectivity index (χ1v) is 8.12. The summed E-state index contributed by atoms with van der Waals surface area (Å²) in [6.07, 6.45) is 0.505. The number of aryl methyl sites for hydroxylation is 1. The molecule has 1 N–H and O–H groups in total. The highest BCUT2D eigenvalue weighted by Gasteiger charge is 2.12. The van der Waals surface area contributed by atoms with Gasteiger partial charge in [-0.1, -0.05) is 30.8 Å². The van der Waals surface area contributed by atoms with Gasteiger partial charge in [-0.3, -0.25) is 9.59 Å². The molecule has 110 valence electrons. The summed E-state index contributed by atoms with van der Waals surface area (Å²) >= 11 is 2.88. The fourth-order valence-electron chi connectivity index (χ4n) is 1.76. The Morgan fingerprint density at radius 3 is 2.52 bits per heavy atom. The Balaban J connectivity index is 2.11. The third-order valence-electron chi connectivity index (χ3n) is 2.89. The first-order chi connectivity index (χ1) is 9.99. The molecule has 0 aliphatic heterocycles. The van der Waals surface area contributed by atoms with Gasteiger partial charge >= 0.3 is 5.97 Å². The number of aliphatic carboxylic acids is 1. The van der Waals surface area contributed by atoms with Crippen LogP contribution in [0.4, 0.5) is 0 Å². The molecular formula is C15H15NO3S2. The van der Waals surface area contributed by atoms with Crippen LogP contribution in [0.15, 0.2) is 33.5 Å². The van der Waals surface area contributed by atoms with Crippen LogP contribution in [0.1, 0.15) is 34.3 Å². The number of hydrogen-bond donors (Lipinski definition) is 1. The van der Waals surface area contributed by atoms with Crippen LogP contribution in [0, 0.1) is 6.92 Å². The number of Topliss-reactive ketones (excluding diaryl/α,β-unsaturated/α-hetero) is 1. The minimum absolute atomic E-state index is 0.00794. The van der Waals surface area contributed by atoms with Crippen LogP contribution < -0.4 is 0 Å². The Bertz CT molecular complexity index is 662. The van der Waals surface area contributed by atoms with E-state index in [1.807, 2.05) is 38.1 Å². The summed E-state index contributed by atoms with van der Waals surface area (Å²) in [5.74, 6) is -0.721. The second-order valence-electron chi connectivity index (χ2n) is 4.46. The zero-order valence-electron chi connectivity index (χ0n) is 11.8. The van der Waals surface area contributed by atoms with E-state index in [0.717, 1.165) is 19.8 Å². The molecule has 0 aliphatic rings. The van der Waals surface area contributed by atoms with E-state index in [-0.39, 0.29) is 12.2 Å². The molecule has 0 radical (unpaired) electrons. The number of aromatic nitrogens is 1. The summed E-state index contributed by atoms with van der Waals surface area (Å²) in [5.41, 5.74) is 1.48. The average Bonchev–Trinajstić information content (AvgIpc) is 2.78. The zero-order chi connectivity index (χ0) is 15.4. The molecule has 1 aromatic heterocycles. The molecule has 0 aliphatic carbocycles. The average molecular weight is 321 g/mol. The molecule has 0 saturated carbocycles. The molecule has 1 heterocycles. The Kier molecular flexibility index (Phi) is 5.14. The third kappa shape index (κ3) is 4.15. The molecule has 21 heavy (non-hydrogen) atoms. The minimum atomic E-state index is -0.847. The lowest BCUT2D eigenvalue weighted by Gasteiger charge is -2.00. The lowest BCUT2D eigenvalue weighted by atomic mass is 10.1. The fraction of sp³-hybridized carbons (Fsp3) is 0.267. The van der Waals surface area contributed by atoms with Crippen molar-refractivity contribution in [1.82, 2.24) is 4.98 Å². The van der Waals surface area contributed by atoms with Gasteiger partial charge in [0.2, 0.25) is 0 Å². The number of rotatable bonds is 6. The van der Waals surface area contributed by atoms with Gasteiger partial charge in [0.25, 0.3) is 0 Å². The number of carboxylic acid groups (broad SMARTS) is 1. The lowest BCUT2D eigenvalue weighted by molar-refractivity contribution is -0.136. The molecule has 0 bridgehead atoms. The Morgan fingerprint density at radius 1 is 1.29 bits per heavy atom. The van der Waals surface area contributed by atoms with Gasteiger partial charge in [-0.2, -0.15) is 0 Å². The van der Waals surface area contributed by atoms with E-state index in [2.05, 4.69) is 4.98 Å². The number of carbonyl (C=O) groups is 2. The molecule has 0 spiro atoms. The summed E-state index contributed by atoms with van der Waals surface area (Å²) in [6.45, 7) is 3.66. The topological polar surface area (TPSA) is 67.3 Å². The Morgan fingerprint density at radius 2 is 1.95 bits per heavy atom. The van der Waals surface area contributed by atoms with Crippen molar-refractivity contribution in [2.45, 2.75) is 35.9 Å². The van der Waals surface area contributed by atoms with Crippen molar-refractivity contribution in [1.29, 1.82) is 0 Å². The van der Waals surface area contributed by atoms with Gasteiger partial charge in [0.1, 0.15) is 0 Å². The van der Waals surface area contributed by atoms with Crippen LogP contribution in [0.25, 0.3) is 0 Å². The van der Waals surface area contributed by atoms with Crippen LogP contribution in [0.5, 0.6) is 0 Å². The number of thiazole rings is 1. The first kappa shape index (κ1) is 15.7. The standard InChI is InChI=1S/C15H15NO3S2/c1-3-12(17)10-4-6-11(7-5-10)20-15-16-9(2)13(21-15)8-14(18)19/h4-7H,3,8H2,1-2H3,(H,18,19). The maximum Gasteiger partial charge on any atom is 0.308 e. The summed E-state index contributed by atoms with van der Waals surface area (Å²) in [4.78, 5) is 28.5. The largest absolute Gasteiger partial charge is 0.481 e. The van der Waals surface area contributed by atoms with E-state index in [9.17, 15) is 9.59 Å². The zero-order valence-corrected chi connectivity index (χ0v) is 13.4. The van der Waals surface area contributed by atoms with Crippen molar-refractivity contribution in [2.24, 2.45) is 0 Å². The van der Waals surface area contributed by atoms with E-state index < -0.39 is 5.97 Å². The van der Waals surface area contributed by atoms with E-state index in [1.165, 1.54) is 23.1 Å². The van der Waals surface area contributed by atoms with Gasteiger partial charge in [-0.25, -0.2) is 4.98 Å². The number of benzene rings is 1. The van der Waals surface area contributed by atoms with Gasteiger partial charge in [0, 0.05) is 21.8 Å². The normalized spacial score (nSPS) is 10.6. The molecule has 0 unspecified atom stereocenters. The van der Waals surface area contributed by atoms with E-state index in [1.54, 1.807) is 0 Å². The molecule has 2 rings (SSSR count). The summed E-state index contributed by atoms with van der Waals surface area (Å²) < 4.78 is 0.818. The van der Waals surface area contributed by atoms with Crippen molar-refractivity contribution in [3.8, 4) is 0 Å². The van der Waals surface area contributed by atoms with Crippen LogP contribution in [-0.4, -0.2) is 21.8 Å². The van der Waals surface area contributed by atoms with Crippen molar-refractivity contribution in [2.75, 3.05) is 0 Å². The van der Waals surface area contributed by atoms with Gasteiger partial charge in [-0.05, 0) is 19.1 Å². The predicted molar refractivity (Wildman–Crippen MR) is 83.4 cm³/mol. The highest BCUT2D eigenvalue weighted by atomic mass is 32.2. The van der Waals surface area contributed by atoms with E-state index in [4.69, 9.17) is 5.11 Å². The quantitative estimate of drug-likeness (QED) is 0.819. The van der Waals surface area contributed by atoms with Crippen LogP contribution in [-0.2, 0) is 11.2 Å². The molecule has 0 fully saturated rings. The number of carboxylic acids is 1. The van der Waals surface area contributed by atoms with Gasteiger partial charge in [0.15, 0.2) is 10.1 Å². The third-order valence-corrected chi connectivity index (χ3v) is 5.11. The first-order valence-electron chi connectivity index (χ1n) is 6.48. The van der Waals surface area contributed by atoms with Crippen molar-refractivity contribution >= 4 is 34.9 Å². The van der Waals surface area contributed by atoms with Crippen LogP contribution in [0.3, 0.4) is 0 Å². The Hall–Kier alpha value is -1.66. The van der Waals surface area contributed by atoms with Gasteiger partial charge in [0.05, 0.1) is 12.1 Å². The maximum absolute atomic E-state index is 11.6. The molecule has 0 saturated heterocycles. The second-order valence-corrected chi connectivity index (χ2v) is 6.87. The monoisotopic (exact) mass is 321 g/mol. The lowest BCUT2D eigenvalue weighted by Crippen LogP contribution is -1.99. The van der Waals surface area contributed by atoms with Crippen LogP contribution in [0.2, 0.25) is 0 Å². The highest BCUT2D eigenvalue weighted by molar-refractivity contribution is 8.01. The van der Waals surface area contributed by atoms with E-state index >= 15 is 0 Å². The van der Waals surface area contributed by atoms with Crippen molar-refractivity contribution in [3.63, 3.8) is 0 Å².